The Morgan fingerprint density at radius 1 is 1.20 bits per heavy atom. The summed E-state index contributed by atoms with van der Waals surface area (Å²) in [6, 6.07) is 9.02. The molecule has 1 aliphatic carbocycles. The molecule has 0 spiro atoms. The van der Waals surface area contributed by atoms with E-state index in [1.54, 1.807) is 0 Å². The topological polar surface area (TPSA) is 0 Å². The van der Waals surface area contributed by atoms with Crippen LogP contribution in [0.15, 0.2) is 48.1 Å². The van der Waals surface area contributed by atoms with E-state index >= 15 is 0 Å². The molecule has 1 unspecified atom stereocenters. The minimum atomic E-state index is 0.583. The first-order valence-electron chi connectivity index (χ1n) is 5.73. The van der Waals surface area contributed by atoms with Crippen LogP contribution < -0.4 is 0 Å². The molecule has 1 atom stereocenters. The summed E-state index contributed by atoms with van der Waals surface area (Å²) >= 11 is 0. The summed E-state index contributed by atoms with van der Waals surface area (Å²) in [6.07, 6.45) is 9.13. The maximum Gasteiger partial charge on any atom is 0.00559 e. The number of rotatable bonds is 2. The highest BCUT2D eigenvalue weighted by Crippen LogP contribution is 2.26. The summed E-state index contributed by atoms with van der Waals surface area (Å²) < 4.78 is 0. The molecule has 15 heavy (non-hydrogen) atoms. The minimum Gasteiger partial charge on any atom is -0.0807 e. The van der Waals surface area contributed by atoms with E-state index in [0.29, 0.717) is 5.92 Å². The van der Waals surface area contributed by atoms with Crippen molar-refractivity contribution in [1.29, 1.82) is 0 Å². The van der Waals surface area contributed by atoms with Gasteiger partial charge in [-0.2, -0.15) is 0 Å². The van der Waals surface area contributed by atoms with Crippen LogP contribution in [0, 0.1) is 0 Å². The molecule has 0 saturated heterocycles. The van der Waals surface area contributed by atoms with Crippen molar-refractivity contribution in [2.75, 3.05) is 0 Å². The molecule has 0 heterocycles. The standard InChI is InChI=1S/C15H18/c1-3-13-6-10-15(11-7-13)14-8-4-12(2)5-9-14/h4-8,10-11,14H,3,9H2,1-2H3. The fourth-order valence-corrected chi connectivity index (χ4v) is 1.98. The van der Waals surface area contributed by atoms with E-state index < -0.39 is 0 Å². The summed E-state index contributed by atoms with van der Waals surface area (Å²) in [7, 11) is 0. The van der Waals surface area contributed by atoms with E-state index in [0.717, 1.165) is 12.8 Å². The molecule has 2 rings (SSSR count). The summed E-state index contributed by atoms with van der Waals surface area (Å²) in [5.74, 6) is 0.583. The lowest BCUT2D eigenvalue weighted by molar-refractivity contribution is 0.844. The zero-order chi connectivity index (χ0) is 10.7. The van der Waals surface area contributed by atoms with Crippen molar-refractivity contribution in [2.24, 2.45) is 0 Å². The van der Waals surface area contributed by atoms with Gasteiger partial charge in [0.2, 0.25) is 0 Å². The Bertz CT molecular complexity index is 379. The van der Waals surface area contributed by atoms with Gasteiger partial charge in [-0.05, 0) is 30.9 Å². The highest BCUT2D eigenvalue weighted by atomic mass is 14.1. The fourth-order valence-electron chi connectivity index (χ4n) is 1.98. The zero-order valence-corrected chi connectivity index (χ0v) is 9.53. The van der Waals surface area contributed by atoms with Crippen LogP contribution in [-0.4, -0.2) is 0 Å². The van der Waals surface area contributed by atoms with Crippen molar-refractivity contribution in [1.82, 2.24) is 0 Å². The monoisotopic (exact) mass is 198 g/mol. The second kappa shape index (κ2) is 4.48. The molecule has 0 amide bonds. The van der Waals surface area contributed by atoms with Gasteiger partial charge in [-0.3, -0.25) is 0 Å². The molecule has 0 heteroatoms. The first kappa shape index (κ1) is 10.2. The van der Waals surface area contributed by atoms with Crippen LogP contribution in [0.5, 0.6) is 0 Å². The van der Waals surface area contributed by atoms with Crippen LogP contribution >= 0.6 is 0 Å². The van der Waals surface area contributed by atoms with Gasteiger partial charge in [-0.25, -0.2) is 0 Å². The van der Waals surface area contributed by atoms with Crippen molar-refractivity contribution >= 4 is 0 Å². The van der Waals surface area contributed by atoms with E-state index in [1.165, 1.54) is 16.7 Å². The fraction of sp³-hybridized carbons (Fsp3) is 0.333. The van der Waals surface area contributed by atoms with Crippen LogP contribution in [0.4, 0.5) is 0 Å². The Morgan fingerprint density at radius 3 is 2.47 bits per heavy atom. The second-order valence-electron chi connectivity index (χ2n) is 4.24. The lowest BCUT2D eigenvalue weighted by atomic mass is 9.90. The molecular formula is C15H18. The Balaban J connectivity index is 2.14. The van der Waals surface area contributed by atoms with Crippen LogP contribution in [0.1, 0.15) is 37.3 Å². The average Bonchev–Trinajstić information content (AvgIpc) is 2.30. The van der Waals surface area contributed by atoms with E-state index in [4.69, 9.17) is 0 Å². The number of benzene rings is 1. The molecule has 0 aromatic heterocycles. The van der Waals surface area contributed by atoms with Gasteiger partial charge < -0.3 is 0 Å². The lowest BCUT2D eigenvalue weighted by Crippen LogP contribution is -1.97. The summed E-state index contributed by atoms with van der Waals surface area (Å²) in [5.41, 5.74) is 4.24. The van der Waals surface area contributed by atoms with Gasteiger partial charge in [0, 0.05) is 5.92 Å². The molecule has 1 aromatic carbocycles. The zero-order valence-electron chi connectivity index (χ0n) is 9.53. The normalized spacial score (nSPS) is 20.1. The van der Waals surface area contributed by atoms with Gasteiger partial charge in [-0.15, -0.1) is 0 Å². The predicted octanol–water partition coefficient (Wildman–Crippen LogP) is 4.24. The maximum atomic E-state index is 2.32. The molecule has 0 aliphatic heterocycles. The molecule has 0 nitrogen and oxygen atoms in total. The maximum absolute atomic E-state index is 2.32. The largest absolute Gasteiger partial charge is 0.0807 e. The quantitative estimate of drug-likeness (QED) is 0.666. The average molecular weight is 198 g/mol. The highest BCUT2D eigenvalue weighted by molar-refractivity contribution is 5.33. The number of aryl methyl sites for hydroxylation is 1. The van der Waals surface area contributed by atoms with Crippen LogP contribution in [0.2, 0.25) is 0 Å². The van der Waals surface area contributed by atoms with Gasteiger partial charge in [0.15, 0.2) is 0 Å². The Kier molecular flexibility index (Phi) is 3.05. The van der Waals surface area contributed by atoms with Crippen LogP contribution in [-0.2, 0) is 6.42 Å². The van der Waals surface area contributed by atoms with E-state index in [1.807, 2.05) is 0 Å². The molecule has 0 fully saturated rings. The minimum absolute atomic E-state index is 0.583. The van der Waals surface area contributed by atoms with E-state index in [9.17, 15) is 0 Å². The third kappa shape index (κ3) is 2.38. The Labute approximate surface area is 92.3 Å². The molecule has 0 N–H and O–H groups in total. The lowest BCUT2D eigenvalue weighted by Gasteiger charge is -2.15. The molecule has 1 aromatic rings. The summed E-state index contributed by atoms with van der Waals surface area (Å²) in [5, 5.41) is 0. The third-order valence-electron chi connectivity index (χ3n) is 3.10. The predicted molar refractivity (Wildman–Crippen MR) is 66.1 cm³/mol. The van der Waals surface area contributed by atoms with Gasteiger partial charge in [0.05, 0.1) is 0 Å². The smallest absolute Gasteiger partial charge is 0.00559 e. The van der Waals surface area contributed by atoms with E-state index in [-0.39, 0.29) is 0 Å². The van der Waals surface area contributed by atoms with Gasteiger partial charge in [0.1, 0.15) is 0 Å². The second-order valence-corrected chi connectivity index (χ2v) is 4.24. The Morgan fingerprint density at radius 2 is 1.93 bits per heavy atom. The summed E-state index contributed by atoms with van der Waals surface area (Å²) in [6.45, 7) is 4.36. The van der Waals surface area contributed by atoms with Gasteiger partial charge in [0.25, 0.3) is 0 Å². The first-order chi connectivity index (χ1) is 7.29. The number of allylic oxidation sites excluding steroid dienone is 4. The van der Waals surface area contributed by atoms with Crippen molar-refractivity contribution in [3.8, 4) is 0 Å². The Hall–Kier alpha value is -1.30. The van der Waals surface area contributed by atoms with Crippen LogP contribution in [0.3, 0.4) is 0 Å². The summed E-state index contributed by atoms with van der Waals surface area (Å²) in [4.78, 5) is 0. The van der Waals surface area contributed by atoms with Gasteiger partial charge in [-0.1, -0.05) is 55.0 Å². The van der Waals surface area contributed by atoms with Crippen molar-refractivity contribution in [2.45, 2.75) is 32.6 Å². The van der Waals surface area contributed by atoms with E-state index in [2.05, 4.69) is 56.3 Å². The molecular weight excluding hydrogens is 180 g/mol. The number of hydrogen-bond donors (Lipinski definition) is 0. The first-order valence-corrected chi connectivity index (χ1v) is 5.73. The third-order valence-corrected chi connectivity index (χ3v) is 3.10. The molecule has 0 bridgehead atoms. The van der Waals surface area contributed by atoms with Crippen LogP contribution in [0.25, 0.3) is 0 Å². The van der Waals surface area contributed by atoms with Crippen molar-refractivity contribution in [3.05, 3.63) is 59.2 Å². The van der Waals surface area contributed by atoms with Gasteiger partial charge >= 0.3 is 0 Å². The number of hydrogen-bond acceptors (Lipinski definition) is 0. The molecule has 0 radical (unpaired) electrons. The molecule has 0 saturated carbocycles. The highest BCUT2D eigenvalue weighted by Gasteiger charge is 2.09. The molecule has 78 valence electrons. The van der Waals surface area contributed by atoms with Crippen molar-refractivity contribution < 1.29 is 0 Å². The van der Waals surface area contributed by atoms with Crippen molar-refractivity contribution in [3.63, 3.8) is 0 Å². The SMILES string of the molecule is CCc1ccc(C2C=CC(C)=CC2)cc1. The molecule has 1 aliphatic rings.